The van der Waals surface area contributed by atoms with Gasteiger partial charge in [0.25, 0.3) is 5.91 Å². The van der Waals surface area contributed by atoms with E-state index in [1.54, 1.807) is 29.4 Å². The molecule has 3 heteroatoms. The molecule has 0 aromatic carbocycles. The van der Waals surface area contributed by atoms with E-state index in [4.69, 9.17) is 0 Å². The minimum atomic E-state index is 0.0955. The van der Waals surface area contributed by atoms with Crippen molar-refractivity contribution >= 4 is 5.91 Å². The molecule has 0 unspecified atom stereocenters. The summed E-state index contributed by atoms with van der Waals surface area (Å²) in [5.74, 6) is 0.0955. The van der Waals surface area contributed by atoms with E-state index in [1.807, 2.05) is 0 Å². The first-order valence-electron chi connectivity index (χ1n) is 3.57. The predicted octanol–water partition coefficient (Wildman–Crippen LogP) is 0.537. The van der Waals surface area contributed by atoms with E-state index in [0.717, 1.165) is 13.1 Å². The van der Waals surface area contributed by atoms with Crippen LogP contribution >= 0.6 is 0 Å². The number of carbonyl (C=O) groups excluding carboxylic acids is 1. The normalized spacial score (nSPS) is 14.7. The van der Waals surface area contributed by atoms with Crippen molar-refractivity contribution < 1.29 is 4.79 Å². The average Bonchev–Trinajstić information content (AvgIpc) is 2.87. The first-order chi connectivity index (χ1) is 5.38. The lowest BCUT2D eigenvalue weighted by Gasteiger charge is -1.98. The second-order valence-electron chi connectivity index (χ2n) is 2.53. The smallest absolute Gasteiger partial charge is 0.255 e. The molecule has 2 rings (SSSR count). The topological polar surface area (TPSA) is 33.0 Å². The molecule has 2 heterocycles. The first kappa shape index (κ1) is 6.34. The van der Waals surface area contributed by atoms with E-state index in [2.05, 4.69) is 4.98 Å². The highest BCUT2D eigenvalue weighted by Crippen LogP contribution is 2.10. The Kier molecular flexibility index (Phi) is 1.35. The summed E-state index contributed by atoms with van der Waals surface area (Å²) in [5.41, 5.74) is 0.685. The number of amides is 1. The van der Waals surface area contributed by atoms with Crippen LogP contribution in [0.15, 0.2) is 24.5 Å². The summed E-state index contributed by atoms with van der Waals surface area (Å²) in [5, 5.41) is 0. The van der Waals surface area contributed by atoms with Gasteiger partial charge in [-0.2, -0.15) is 0 Å². The van der Waals surface area contributed by atoms with Crippen molar-refractivity contribution in [3.63, 3.8) is 0 Å². The molecule has 0 spiro atoms. The molecule has 1 aromatic rings. The molecule has 1 aliphatic heterocycles. The van der Waals surface area contributed by atoms with Crippen LogP contribution in [0.5, 0.6) is 0 Å². The molecule has 0 N–H and O–H groups in total. The second-order valence-corrected chi connectivity index (χ2v) is 2.53. The van der Waals surface area contributed by atoms with Crippen molar-refractivity contribution in [1.29, 1.82) is 0 Å². The van der Waals surface area contributed by atoms with Crippen LogP contribution in [0.3, 0.4) is 0 Å². The van der Waals surface area contributed by atoms with Gasteiger partial charge in [0, 0.05) is 25.5 Å². The summed E-state index contributed by atoms with van der Waals surface area (Å²) < 4.78 is 0. The van der Waals surface area contributed by atoms with Gasteiger partial charge >= 0.3 is 0 Å². The summed E-state index contributed by atoms with van der Waals surface area (Å²) in [6, 6.07) is 3.56. The lowest BCUT2D eigenvalue weighted by molar-refractivity contribution is 0.0885. The Morgan fingerprint density at radius 1 is 1.55 bits per heavy atom. The van der Waals surface area contributed by atoms with Crippen molar-refractivity contribution in [2.75, 3.05) is 13.1 Å². The van der Waals surface area contributed by atoms with Gasteiger partial charge in [-0.15, -0.1) is 0 Å². The van der Waals surface area contributed by atoms with Gasteiger partial charge in [0.2, 0.25) is 0 Å². The molecule has 0 saturated carbocycles. The van der Waals surface area contributed by atoms with Crippen LogP contribution < -0.4 is 0 Å². The first-order valence-corrected chi connectivity index (χ1v) is 3.57. The Labute approximate surface area is 64.7 Å². The summed E-state index contributed by atoms with van der Waals surface area (Å²) in [6.45, 7) is 1.79. The maximum Gasteiger partial charge on any atom is 0.255 e. The molecule has 1 amide bonds. The monoisotopic (exact) mass is 148 g/mol. The third-order valence-corrected chi connectivity index (χ3v) is 1.64. The fraction of sp³-hybridized carbons (Fsp3) is 0.250. The molecule has 11 heavy (non-hydrogen) atoms. The van der Waals surface area contributed by atoms with E-state index < -0.39 is 0 Å². The molecule has 0 radical (unpaired) electrons. The average molecular weight is 148 g/mol. The van der Waals surface area contributed by atoms with Crippen molar-refractivity contribution in [2.24, 2.45) is 0 Å². The summed E-state index contributed by atoms with van der Waals surface area (Å²) in [7, 11) is 0. The number of hydrogen-bond acceptors (Lipinski definition) is 2. The van der Waals surface area contributed by atoms with E-state index in [0.29, 0.717) is 5.56 Å². The number of rotatable bonds is 1. The van der Waals surface area contributed by atoms with Crippen LogP contribution in [0.1, 0.15) is 10.4 Å². The molecule has 0 bridgehead atoms. The fourth-order valence-corrected chi connectivity index (χ4v) is 0.925. The molecular formula is C8H8N2O. The van der Waals surface area contributed by atoms with Gasteiger partial charge in [-0.25, -0.2) is 0 Å². The van der Waals surface area contributed by atoms with Gasteiger partial charge in [-0.05, 0) is 12.1 Å². The molecular weight excluding hydrogens is 140 g/mol. The maximum absolute atomic E-state index is 11.3. The summed E-state index contributed by atoms with van der Waals surface area (Å²) >= 11 is 0. The van der Waals surface area contributed by atoms with E-state index in [1.165, 1.54) is 0 Å². The summed E-state index contributed by atoms with van der Waals surface area (Å²) in [4.78, 5) is 16.9. The highest BCUT2D eigenvalue weighted by molar-refractivity contribution is 5.95. The Morgan fingerprint density at radius 3 is 2.91 bits per heavy atom. The molecule has 0 aliphatic carbocycles. The van der Waals surface area contributed by atoms with Gasteiger partial charge in [0.1, 0.15) is 0 Å². The number of aromatic nitrogens is 1. The van der Waals surface area contributed by atoms with E-state index in [-0.39, 0.29) is 5.91 Å². The minimum absolute atomic E-state index is 0.0955. The molecule has 1 saturated heterocycles. The zero-order valence-corrected chi connectivity index (χ0v) is 6.03. The van der Waals surface area contributed by atoms with Crippen LogP contribution in [0.4, 0.5) is 0 Å². The zero-order valence-electron chi connectivity index (χ0n) is 6.03. The van der Waals surface area contributed by atoms with Gasteiger partial charge < -0.3 is 4.90 Å². The lowest BCUT2D eigenvalue weighted by Crippen LogP contribution is -2.10. The molecule has 3 nitrogen and oxygen atoms in total. The third kappa shape index (κ3) is 1.22. The molecule has 56 valence electrons. The van der Waals surface area contributed by atoms with Gasteiger partial charge in [0.15, 0.2) is 0 Å². The zero-order chi connectivity index (χ0) is 7.68. The van der Waals surface area contributed by atoms with Crippen LogP contribution in [0, 0.1) is 0 Å². The van der Waals surface area contributed by atoms with Crippen molar-refractivity contribution in [3.05, 3.63) is 30.1 Å². The molecule has 0 atom stereocenters. The third-order valence-electron chi connectivity index (χ3n) is 1.64. The minimum Gasteiger partial charge on any atom is -0.335 e. The van der Waals surface area contributed by atoms with Gasteiger partial charge in [-0.1, -0.05) is 0 Å². The number of pyridine rings is 1. The quantitative estimate of drug-likeness (QED) is 0.544. The standard InChI is InChI=1S/C8H8N2O/c11-8(10-4-5-10)7-2-1-3-9-6-7/h1-3,6H,4-5H2. The van der Waals surface area contributed by atoms with E-state index >= 15 is 0 Å². The van der Waals surface area contributed by atoms with Crippen molar-refractivity contribution in [1.82, 2.24) is 9.88 Å². The SMILES string of the molecule is O=C(c1cccnc1)N1CC1. The van der Waals surface area contributed by atoms with Crippen LogP contribution in [-0.4, -0.2) is 28.9 Å². The van der Waals surface area contributed by atoms with Gasteiger partial charge in [0.05, 0.1) is 5.56 Å². The van der Waals surface area contributed by atoms with Crippen LogP contribution in [0.2, 0.25) is 0 Å². The number of carbonyl (C=O) groups is 1. The van der Waals surface area contributed by atoms with Crippen molar-refractivity contribution in [3.8, 4) is 0 Å². The highest BCUT2D eigenvalue weighted by atomic mass is 16.2. The van der Waals surface area contributed by atoms with Crippen LogP contribution in [-0.2, 0) is 0 Å². The Hall–Kier alpha value is -1.38. The number of nitrogens with zero attached hydrogens (tertiary/aromatic N) is 2. The maximum atomic E-state index is 11.3. The lowest BCUT2D eigenvalue weighted by atomic mass is 10.3. The Bertz CT molecular complexity index is 267. The predicted molar refractivity (Wildman–Crippen MR) is 40.1 cm³/mol. The van der Waals surface area contributed by atoms with Gasteiger partial charge in [-0.3, -0.25) is 9.78 Å². The van der Waals surface area contributed by atoms with E-state index in [9.17, 15) is 4.79 Å². The second kappa shape index (κ2) is 2.34. The highest BCUT2D eigenvalue weighted by Gasteiger charge is 2.24. The summed E-state index contributed by atoms with van der Waals surface area (Å²) in [6.07, 6.45) is 3.26. The molecule has 1 aliphatic rings. The van der Waals surface area contributed by atoms with Crippen LogP contribution in [0.25, 0.3) is 0 Å². The molecule has 1 fully saturated rings. The number of hydrogen-bond donors (Lipinski definition) is 0. The fourth-order valence-electron chi connectivity index (χ4n) is 0.925. The van der Waals surface area contributed by atoms with Crippen molar-refractivity contribution in [2.45, 2.75) is 0 Å². The Balaban J connectivity index is 2.22. The Morgan fingerprint density at radius 2 is 2.36 bits per heavy atom. The molecule has 1 aromatic heterocycles. The largest absolute Gasteiger partial charge is 0.335 e.